The molecule has 19 heavy (non-hydrogen) atoms. The summed E-state index contributed by atoms with van der Waals surface area (Å²) in [5.74, 6) is 0. The molecule has 1 heterocycles. The van der Waals surface area contributed by atoms with Crippen molar-refractivity contribution in [3.63, 3.8) is 0 Å². The summed E-state index contributed by atoms with van der Waals surface area (Å²) in [6, 6.07) is 5.63. The molecule has 0 fully saturated rings. The molecular formula is C12H13N3O3S. The van der Waals surface area contributed by atoms with Crippen molar-refractivity contribution in [1.82, 2.24) is 14.8 Å². The molecule has 6 nitrogen and oxygen atoms in total. The molecule has 0 amide bonds. The van der Waals surface area contributed by atoms with Crippen molar-refractivity contribution >= 4 is 11.8 Å². The van der Waals surface area contributed by atoms with Crippen molar-refractivity contribution < 1.29 is 5.11 Å². The SMILES string of the molecule is Cc1ccc(Sc2nc(=O)c(=O)[nH]n2C)c(CO)c1. The summed E-state index contributed by atoms with van der Waals surface area (Å²) in [5, 5.41) is 12.1. The molecule has 0 saturated carbocycles. The monoisotopic (exact) mass is 279 g/mol. The van der Waals surface area contributed by atoms with Crippen molar-refractivity contribution in [1.29, 1.82) is 0 Å². The number of hydrogen-bond acceptors (Lipinski definition) is 5. The first kappa shape index (κ1) is 13.6. The number of H-pyrrole nitrogens is 1. The molecule has 1 aromatic heterocycles. The molecule has 0 radical (unpaired) electrons. The normalized spacial score (nSPS) is 10.7. The second kappa shape index (κ2) is 5.41. The number of aliphatic hydroxyl groups is 1. The molecule has 2 aromatic rings. The van der Waals surface area contributed by atoms with Crippen LogP contribution in [0.15, 0.2) is 37.8 Å². The number of benzene rings is 1. The van der Waals surface area contributed by atoms with Gasteiger partial charge in [-0.3, -0.25) is 19.4 Å². The van der Waals surface area contributed by atoms with E-state index in [1.165, 1.54) is 16.4 Å². The van der Waals surface area contributed by atoms with Gasteiger partial charge < -0.3 is 5.11 Å². The van der Waals surface area contributed by atoms with Gasteiger partial charge in [0.1, 0.15) is 0 Å². The third-order valence-corrected chi connectivity index (χ3v) is 3.70. The zero-order valence-corrected chi connectivity index (χ0v) is 11.3. The topological polar surface area (TPSA) is 88.0 Å². The Balaban J connectivity index is 2.44. The lowest BCUT2D eigenvalue weighted by atomic mass is 10.1. The molecule has 0 bridgehead atoms. The highest BCUT2D eigenvalue weighted by molar-refractivity contribution is 7.99. The maximum Gasteiger partial charge on any atom is 0.339 e. The summed E-state index contributed by atoms with van der Waals surface area (Å²) in [4.78, 5) is 26.9. The fourth-order valence-electron chi connectivity index (χ4n) is 1.58. The molecule has 0 saturated heterocycles. The summed E-state index contributed by atoms with van der Waals surface area (Å²) in [6.07, 6.45) is 0. The van der Waals surface area contributed by atoms with E-state index in [1.807, 2.05) is 25.1 Å². The summed E-state index contributed by atoms with van der Waals surface area (Å²) in [6.45, 7) is 1.84. The van der Waals surface area contributed by atoms with Crippen LogP contribution in [0.25, 0.3) is 0 Å². The van der Waals surface area contributed by atoms with E-state index < -0.39 is 11.1 Å². The smallest absolute Gasteiger partial charge is 0.339 e. The second-order valence-corrected chi connectivity index (χ2v) is 5.08. The quantitative estimate of drug-likeness (QED) is 0.795. The van der Waals surface area contributed by atoms with E-state index in [2.05, 4.69) is 10.1 Å². The lowest BCUT2D eigenvalue weighted by Crippen LogP contribution is -2.33. The zero-order chi connectivity index (χ0) is 14.0. The minimum absolute atomic E-state index is 0.0959. The van der Waals surface area contributed by atoms with E-state index in [4.69, 9.17) is 0 Å². The van der Waals surface area contributed by atoms with Crippen LogP contribution in [-0.4, -0.2) is 19.9 Å². The van der Waals surface area contributed by atoms with Crippen molar-refractivity contribution in [2.24, 2.45) is 7.05 Å². The minimum atomic E-state index is -0.821. The van der Waals surface area contributed by atoms with E-state index >= 15 is 0 Å². The Bertz CT molecular complexity index is 721. The highest BCUT2D eigenvalue weighted by Crippen LogP contribution is 2.28. The van der Waals surface area contributed by atoms with Gasteiger partial charge in [-0.1, -0.05) is 17.7 Å². The van der Waals surface area contributed by atoms with Crippen LogP contribution in [0.4, 0.5) is 0 Å². The van der Waals surface area contributed by atoms with E-state index in [0.29, 0.717) is 5.16 Å². The Hall–Kier alpha value is -1.86. The van der Waals surface area contributed by atoms with Crippen LogP contribution in [0, 0.1) is 6.92 Å². The molecule has 2 N–H and O–H groups in total. The van der Waals surface area contributed by atoms with Crippen molar-refractivity contribution in [3.8, 4) is 0 Å². The number of nitrogens with zero attached hydrogens (tertiary/aromatic N) is 2. The second-order valence-electron chi connectivity index (χ2n) is 4.07. The summed E-state index contributed by atoms with van der Waals surface area (Å²) in [7, 11) is 1.60. The number of aromatic nitrogens is 3. The molecule has 100 valence electrons. The standard InChI is InChI=1S/C12H13N3O3S/c1-7-3-4-9(8(5-7)6-16)19-12-13-10(17)11(18)14-15(12)2/h3-5,16H,6H2,1-2H3,(H,14,18). The van der Waals surface area contributed by atoms with Gasteiger partial charge in [0.15, 0.2) is 5.16 Å². The Morgan fingerprint density at radius 1 is 1.42 bits per heavy atom. The molecule has 0 aliphatic carbocycles. The number of hydrogen-bond donors (Lipinski definition) is 2. The van der Waals surface area contributed by atoms with Gasteiger partial charge in [-0.25, -0.2) is 0 Å². The maximum atomic E-state index is 11.3. The van der Waals surface area contributed by atoms with Crippen molar-refractivity contribution in [2.45, 2.75) is 23.6 Å². The molecular weight excluding hydrogens is 266 g/mol. The Morgan fingerprint density at radius 2 is 2.16 bits per heavy atom. The fraction of sp³-hybridized carbons (Fsp3) is 0.250. The maximum absolute atomic E-state index is 11.3. The zero-order valence-electron chi connectivity index (χ0n) is 10.5. The van der Waals surface area contributed by atoms with Crippen LogP contribution in [0.5, 0.6) is 0 Å². The van der Waals surface area contributed by atoms with E-state index in [0.717, 1.165) is 16.0 Å². The molecule has 0 spiro atoms. The predicted octanol–water partition coefficient (Wildman–Crippen LogP) is 0.421. The number of aromatic amines is 1. The average molecular weight is 279 g/mol. The highest BCUT2D eigenvalue weighted by Gasteiger charge is 2.09. The van der Waals surface area contributed by atoms with Gasteiger partial charge >= 0.3 is 11.1 Å². The molecule has 0 unspecified atom stereocenters. The molecule has 0 atom stereocenters. The van der Waals surface area contributed by atoms with Gasteiger partial charge in [0.2, 0.25) is 0 Å². The average Bonchev–Trinajstić information content (AvgIpc) is 2.37. The fourth-order valence-corrected chi connectivity index (χ4v) is 2.48. The van der Waals surface area contributed by atoms with Crippen LogP contribution >= 0.6 is 11.8 Å². The van der Waals surface area contributed by atoms with Gasteiger partial charge in [-0.2, -0.15) is 4.98 Å². The number of rotatable bonds is 3. The first-order chi connectivity index (χ1) is 9.01. The van der Waals surface area contributed by atoms with Crippen LogP contribution in [0.3, 0.4) is 0 Å². The first-order valence-corrected chi connectivity index (χ1v) is 6.38. The van der Waals surface area contributed by atoms with Gasteiger partial charge in [-0.15, -0.1) is 0 Å². The first-order valence-electron chi connectivity index (χ1n) is 5.57. The van der Waals surface area contributed by atoms with Gasteiger partial charge in [0.25, 0.3) is 0 Å². The lowest BCUT2D eigenvalue weighted by Gasteiger charge is -2.09. The van der Waals surface area contributed by atoms with E-state index in [-0.39, 0.29) is 6.61 Å². The predicted molar refractivity (Wildman–Crippen MR) is 71.3 cm³/mol. The third kappa shape index (κ3) is 2.94. The Morgan fingerprint density at radius 3 is 2.84 bits per heavy atom. The number of aliphatic hydroxyl groups excluding tert-OH is 1. The minimum Gasteiger partial charge on any atom is -0.392 e. The Labute approximate surface area is 113 Å². The lowest BCUT2D eigenvalue weighted by molar-refractivity contribution is 0.279. The van der Waals surface area contributed by atoms with Crippen molar-refractivity contribution in [2.75, 3.05) is 0 Å². The molecule has 1 aromatic carbocycles. The number of aryl methyl sites for hydroxylation is 2. The van der Waals surface area contributed by atoms with Crippen LogP contribution in [0.2, 0.25) is 0 Å². The largest absolute Gasteiger partial charge is 0.392 e. The van der Waals surface area contributed by atoms with E-state index in [9.17, 15) is 14.7 Å². The van der Waals surface area contributed by atoms with Crippen LogP contribution < -0.4 is 11.1 Å². The van der Waals surface area contributed by atoms with Crippen LogP contribution in [-0.2, 0) is 13.7 Å². The highest BCUT2D eigenvalue weighted by atomic mass is 32.2. The van der Waals surface area contributed by atoms with E-state index in [1.54, 1.807) is 7.05 Å². The number of nitrogens with one attached hydrogen (secondary N) is 1. The van der Waals surface area contributed by atoms with Gasteiger partial charge in [-0.05, 0) is 30.3 Å². The third-order valence-electron chi connectivity index (χ3n) is 2.54. The van der Waals surface area contributed by atoms with Crippen LogP contribution in [0.1, 0.15) is 11.1 Å². The Kier molecular flexibility index (Phi) is 3.87. The summed E-state index contributed by atoms with van der Waals surface area (Å²) in [5.41, 5.74) is 0.221. The molecule has 7 heteroatoms. The van der Waals surface area contributed by atoms with Crippen molar-refractivity contribution in [3.05, 3.63) is 50.0 Å². The molecule has 2 rings (SSSR count). The summed E-state index contributed by atoms with van der Waals surface area (Å²) >= 11 is 1.22. The van der Waals surface area contributed by atoms with Gasteiger partial charge in [0, 0.05) is 11.9 Å². The molecule has 0 aliphatic rings. The van der Waals surface area contributed by atoms with Gasteiger partial charge in [0.05, 0.1) is 6.61 Å². The summed E-state index contributed by atoms with van der Waals surface area (Å²) < 4.78 is 1.38. The molecule has 0 aliphatic heterocycles.